The van der Waals surface area contributed by atoms with Gasteiger partial charge in [-0.25, -0.2) is 9.40 Å². The fourth-order valence-corrected chi connectivity index (χ4v) is 4.45. The Bertz CT molecular complexity index is 1550. The maximum Gasteiger partial charge on any atom is 0.276 e. The first kappa shape index (κ1) is 23.3. The van der Waals surface area contributed by atoms with Crippen molar-refractivity contribution >= 4 is 38.6 Å². The summed E-state index contributed by atoms with van der Waals surface area (Å²) in [6.07, 6.45) is 1.15. The standard InChI is InChI=1S/C24H20ClN3O5S/c1-2-33-16-11-13-17(14-12-16)34(31,32)27-26-15-20-18-7-3-4-8-19(18)23(29)28(24(20)30)22-10-6-5-9-21(22)25/h3-15,27,30H,2H2,1H3/b26-15+. The molecular weight excluding hydrogens is 478 g/mol. The highest BCUT2D eigenvalue weighted by Gasteiger charge is 2.18. The van der Waals surface area contributed by atoms with Gasteiger partial charge < -0.3 is 9.84 Å². The Balaban J connectivity index is 1.76. The molecule has 4 aromatic rings. The highest BCUT2D eigenvalue weighted by molar-refractivity contribution is 7.89. The van der Waals surface area contributed by atoms with E-state index in [1.54, 1.807) is 60.7 Å². The number of sulfonamides is 1. The van der Waals surface area contributed by atoms with Crippen LogP contribution in [0.25, 0.3) is 16.5 Å². The number of nitrogens with zero attached hydrogens (tertiary/aromatic N) is 2. The Labute approximate surface area is 200 Å². The van der Waals surface area contributed by atoms with Gasteiger partial charge in [-0.05, 0) is 49.4 Å². The van der Waals surface area contributed by atoms with Gasteiger partial charge in [0.2, 0.25) is 5.88 Å². The lowest BCUT2D eigenvalue weighted by atomic mass is 10.1. The minimum Gasteiger partial charge on any atom is -0.494 e. The SMILES string of the molecule is CCOc1ccc(S(=O)(=O)N/N=C/c2c(O)n(-c3ccccc3Cl)c(=O)c3ccccc23)cc1. The Morgan fingerprint density at radius 3 is 2.35 bits per heavy atom. The molecule has 0 aliphatic rings. The van der Waals surface area contributed by atoms with Crippen LogP contribution in [0.2, 0.25) is 5.02 Å². The first-order valence-electron chi connectivity index (χ1n) is 10.2. The third-order valence-corrected chi connectivity index (χ3v) is 6.57. The zero-order valence-electron chi connectivity index (χ0n) is 18.0. The normalized spacial score (nSPS) is 11.7. The number of hydrazone groups is 1. The molecule has 0 atom stereocenters. The molecule has 1 aromatic heterocycles. The van der Waals surface area contributed by atoms with Gasteiger partial charge in [0.1, 0.15) is 5.75 Å². The number of halogens is 1. The fraction of sp³-hybridized carbons (Fsp3) is 0.0833. The first-order chi connectivity index (χ1) is 16.3. The molecule has 0 spiro atoms. The van der Waals surface area contributed by atoms with Crippen LogP contribution in [0.5, 0.6) is 11.6 Å². The van der Waals surface area contributed by atoms with Gasteiger partial charge in [0.15, 0.2) is 0 Å². The summed E-state index contributed by atoms with van der Waals surface area (Å²) in [5.74, 6) is 0.115. The van der Waals surface area contributed by atoms with Crippen molar-refractivity contribution in [3.8, 4) is 17.3 Å². The van der Waals surface area contributed by atoms with Crippen molar-refractivity contribution in [1.29, 1.82) is 0 Å². The fourth-order valence-electron chi connectivity index (χ4n) is 3.44. The van der Waals surface area contributed by atoms with Crippen molar-refractivity contribution in [3.05, 3.63) is 93.7 Å². The molecule has 0 saturated heterocycles. The van der Waals surface area contributed by atoms with Crippen molar-refractivity contribution in [1.82, 2.24) is 9.40 Å². The Hall–Kier alpha value is -3.82. The molecule has 174 valence electrons. The quantitative estimate of drug-likeness (QED) is 0.295. The number of fused-ring (bicyclic) bond motifs is 1. The van der Waals surface area contributed by atoms with Crippen LogP contribution < -0.4 is 15.1 Å². The summed E-state index contributed by atoms with van der Waals surface area (Å²) in [5, 5.41) is 15.8. The van der Waals surface area contributed by atoms with Gasteiger partial charge in [0.25, 0.3) is 15.6 Å². The van der Waals surface area contributed by atoms with Crippen LogP contribution in [0, 0.1) is 0 Å². The van der Waals surface area contributed by atoms with Gasteiger partial charge in [-0.3, -0.25) is 4.79 Å². The molecule has 0 aliphatic heterocycles. The molecule has 0 fully saturated rings. The van der Waals surface area contributed by atoms with Crippen LogP contribution in [0.3, 0.4) is 0 Å². The first-order valence-corrected chi connectivity index (χ1v) is 12.1. The van der Waals surface area contributed by atoms with Crippen LogP contribution in [0.15, 0.2) is 87.6 Å². The van der Waals surface area contributed by atoms with Crippen LogP contribution >= 0.6 is 11.6 Å². The van der Waals surface area contributed by atoms with Gasteiger partial charge >= 0.3 is 0 Å². The summed E-state index contributed by atoms with van der Waals surface area (Å²) in [6, 6.07) is 19.1. The maximum atomic E-state index is 13.1. The summed E-state index contributed by atoms with van der Waals surface area (Å²) >= 11 is 6.26. The van der Waals surface area contributed by atoms with Gasteiger partial charge in [-0.15, -0.1) is 0 Å². The van der Waals surface area contributed by atoms with Gasteiger partial charge in [-0.1, -0.05) is 41.9 Å². The van der Waals surface area contributed by atoms with E-state index in [9.17, 15) is 18.3 Å². The second-order valence-electron chi connectivity index (χ2n) is 7.13. The predicted molar refractivity (Wildman–Crippen MR) is 132 cm³/mol. The molecular formula is C24H20ClN3O5S. The van der Waals surface area contributed by atoms with E-state index in [-0.39, 0.29) is 21.2 Å². The molecule has 34 heavy (non-hydrogen) atoms. The Morgan fingerprint density at radius 2 is 1.68 bits per heavy atom. The maximum absolute atomic E-state index is 13.1. The van der Waals surface area contributed by atoms with Crippen molar-refractivity contribution in [2.75, 3.05) is 6.61 Å². The smallest absolute Gasteiger partial charge is 0.276 e. The third kappa shape index (κ3) is 4.48. The zero-order chi connectivity index (χ0) is 24.3. The Kier molecular flexibility index (Phi) is 6.58. The van der Waals surface area contributed by atoms with Crippen molar-refractivity contribution in [2.24, 2.45) is 5.10 Å². The highest BCUT2D eigenvalue weighted by Crippen LogP contribution is 2.28. The number of aromatic hydroxyl groups is 1. The lowest BCUT2D eigenvalue weighted by molar-refractivity contribution is 0.340. The molecule has 0 amide bonds. The third-order valence-electron chi connectivity index (χ3n) is 5.01. The molecule has 0 radical (unpaired) electrons. The number of aromatic nitrogens is 1. The number of ether oxygens (including phenoxy) is 1. The van der Waals surface area contributed by atoms with Gasteiger partial charge in [0, 0.05) is 10.8 Å². The van der Waals surface area contributed by atoms with Crippen molar-refractivity contribution in [3.63, 3.8) is 0 Å². The summed E-state index contributed by atoms with van der Waals surface area (Å²) in [4.78, 5) is 15.2. The summed E-state index contributed by atoms with van der Waals surface area (Å²) < 4.78 is 31.6. The molecule has 0 aliphatic carbocycles. The average Bonchev–Trinajstić information content (AvgIpc) is 2.83. The Morgan fingerprint density at radius 1 is 1.03 bits per heavy atom. The largest absolute Gasteiger partial charge is 0.494 e. The highest BCUT2D eigenvalue weighted by atomic mass is 35.5. The van der Waals surface area contributed by atoms with E-state index in [0.717, 1.165) is 10.8 Å². The zero-order valence-corrected chi connectivity index (χ0v) is 19.5. The number of nitrogens with one attached hydrogen (secondary N) is 1. The molecule has 0 bridgehead atoms. The lowest BCUT2D eigenvalue weighted by Crippen LogP contribution is -2.21. The molecule has 0 unspecified atom stereocenters. The monoisotopic (exact) mass is 497 g/mol. The van der Waals surface area contributed by atoms with Gasteiger partial charge in [-0.2, -0.15) is 13.5 Å². The van der Waals surface area contributed by atoms with E-state index < -0.39 is 21.5 Å². The number of hydrogen-bond donors (Lipinski definition) is 2. The van der Waals surface area contributed by atoms with Crippen LogP contribution in [0.4, 0.5) is 0 Å². The average molecular weight is 498 g/mol. The van der Waals surface area contributed by atoms with E-state index in [1.807, 2.05) is 6.92 Å². The van der Waals surface area contributed by atoms with Gasteiger partial charge in [0.05, 0.1) is 34.0 Å². The second-order valence-corrected chi connectivity index (χ2v) is 9.20. The predicted octanol–water partition coefficient (Wildman–Crippen LogP) is 4.06. The van der Waals surface area contributed by atoms with E-state index in [2.05, 4.69) is 9.93 Å². The molecule has 2 N–H and O–H groups in total. The van der Waals surface area contributed by atoms with E-state index in [0.29, 0.717) is 23.1 Å². The minimum atomic E-state index is -3.98. The van der Waals surface area contributed by atoms with Crippen LogP contribution in [0.1, 0.15) is 12.5 Å². The van der Waals surface area contributed by atoms with Crippen molar-refractivity contribution in [2.45, 2.75) is 11.8 Å². The van der Waals surface area contributed by atoms with E-state index >= 15 is 0 Å². The molecule has 8 nitrogen and oxygen atoms in total. The lowest BCUT2D eigenvalue weighted by Gasteiger charge is -2.14. The number of hydrogen-bond acceptors (Lipinski definition) is 6. The molecule has 10 heteroatoms. The topological polar surface area (TPSA) is 110 Å². The molecule has 1 heterocycles. The number of pyridine rings is 1. The van der Waals surface area contributed by atoms with E-state index in [1.165, 1.54) is 12.1 Å². The van der Waals surface area contributed by atoms with Crippen LogP contribution in [-0.2, 0) is 10.0 Å². The molecule has 0 saturated carbocycles. The number of benzene rings is 3. The molecule has 4 rings (SSSR count). The summed E-state index contributed by atoms with van der Waals surface area (Å²) in [7, 11) is -3.98. The van der Waals surface area contributed by atoms with Crippen LogP contribution in [-0.4, -0.2) is 30.9 Å². The molecule has 3 aromatic carbocycles. The summed E-state index contributed by atoms with van der Waals surface area (Å²) in [6.45, 7) is 2.29. The second kappa shape index (κ2) is 9.58. The minimum absolute atomic E-state index is 0.0109. The number of rotatable bonds is 7. The van der Waals surface area contributed by atoms with E-state index in [4.69, 9.17) is 16.3 Å². The summed E-state index contributed by atoms with van der Waals surface area (Å²) in [5.41, 5.74) is -0.0557. The number of para-hydroxylation sites is 1. The van der Waals surface area contributed by atoms with Crippen molar-refractivity contribution < 1.29 is 18.3 Å².